The Morgan fingerprint density at radius 2 is 1.85 bits per heavy atom. The minimum Gasteiger partial charge on any atom is -0.348 e. The van der Waals surface area contributed by atoms with Gasteiger partial charge >= 0.3 is 0 Å². The fourth-order valence-corrected chi connectivity index (χ4v) is 4.73. The van der Waals surface area contributed by atoms with Gasteiger partial charge in [0.2, 0.25) is 0 Å². The van der Waals surface area contributed by atoms with E-state index < -0.39 is 0 Å². The number of anilines is 2. The number of hydrogen-bond donors (Lipinski definition) is 2. The van der Waals surface area contributed by atoms with E-state index in [9.17, 15) is 4.79 Å². The van der Waals surface area contributed by atoms with Crippen LogP contribution in [0.15, 0.2) is 78.7 Å². The maximum absolute atomic E-state index is 12.7. The average Bonchev–Trinajstić information content (AvgIpc) is 3.54. The van der Waals surface area contributed by atoms with Crippen LogP contribution in [-0.2, 0) is 6.54 Å². The van der Waals surface area contributed by atoms with E-state index in [1.54, 1.807) is 12.5 Å². The van der Waals surface area contributed by atoms with E-state index in [0.717, 1.165) is 43.9 Å². The Morgan fingerprint density at radius 3 is 2.58 bits per heavy atom. The number of nitrogens with zero attached hydrogens (tertiary/aromatic N) is 4. The van der Waals surface area contributed by atoms with E-state index in [0.29, 0.717) is 10.8 Å². The van der Waals surface area contributed by atoms with Gasteiger partial charge in [-0.3, -0.25) is 9.69 Å². The number of carbonyl (C=O) groups excluding carboxylic acids is 1. The number of rotatable bonds is 7. The quantitative estimate of drug-likeness (QED) is 0.428. The molecule has 5 rings (SSSR count). The molecule has 7 nitrogen and oxygen atoms in total. The number of benzene rings is 2. The predicted molar refractivity (Wildman–Crippen MR) is 131 cm³/mol. The zero-order chi connectivity index (χ0) is 22.5. The summed E-state index contributed by atoms with van der Waals surface area (Å²) >= 11 is 1.43. The van der Waals surface area contributed by atoms with Gasteiger partial charge in [0.25, 0.3) is 5.91 Å². The summed E-state index contributed by atoms with van der Waals surface area (Å²) in [5, 5.41) is 8.95. The fraction of sp³-hybridized carbons (Fsp3) is 0.240. The molecule has 2 N–H and O–H groups in total. The summed E-state index contributed by atoms with van der Waals surface area (Å²) in [5.41, 5.74) is 3.75. The maximum atomic E-state index is 12.7. The molecule has 2 aromatic carbocycles. The molecule has 1 amide bonds. The highest BCUT2D eigenvalue weighted by Crippen LogP contribution is 2.22. The lowest BCUT2D eigenvalue weighted by atomic mass is 10.0. The van der Waals surface area contributed by atoms with Gasteiger partial charge in [0.1, 0.15) is 5.69 Å². The number of hydrogen-bond acceptors (Lipinski definition) is 6. The lowest BCUT2D eigenvalue weighted by molar-refractivity contribution is 0.0904. The van der Waals surface area contributed by atoms with E-state index in [2.05, 4.69) is 49.8 Å². The summed E-state index contributed by atoms with van der Waals surface area (Å²) in [6.45, 7) is 2.93. The predicted octanol–water partition coefficient (Wildman–Crippen LogP) is 4.47. The second kappa shape index (κ2) is 9.97. The zero-order valence-corrected chi connectivity index (χ0v) is 19.0. The molecule has 0 saturated carbocycles. The minimum atomic E-state index is -0.101. The summed E-state index contributed by atoms with van der Waals surface area (Å²) < 4.78 is 1.95. The fourth-order valence-electron chi connectivity index (χ4n) is 4.02. The second-order valence-electron chi connectivity index (χ2n) is 8.19. The number of amides is 1. The van der Waals surface area contributed by atoms with Crippen molar-refractivity contribution in [1.82, 2.24) is 24.8 Å². The first-order valence-corrected chi connectivity index (χ1v) is 12.0. The van der Waals surface area contributed by atoms with Crippen LogP contribution in [0.4, 0.5) is 10.8 Å². The molecule has 1 saturated heterocycles. The summed E-state index contributed by atoms with van der Waals surface area (Å²) in [5.74, 6) is -0.101. The zero-order valence-electron chi connectivity index (χ0n) is 18.2. The molecule has 1 fully saturated rings. The van der Waals surface area contributed by atoms with Crippen LogP contribution in [0.5, 0.6) is 0 Å². The molecule has 2 aromatic heterocycles. The lowest BCUT2D eigenvalue weighted by Crippen LogP contribution is -2.44. The molecule has 3 heterocycles. The molecule has 8 heteroatoms. The van der Waals surface area contributed by atoms with Gasteiger partial charge in [0, 0.05) is 54.8 Å². The number of imidazole rings is 1. The number of nitrogens with one attached hydrogen (secondary N) is 2. The first kappa shape index (κ1) is 21.4. The Balaban J connectivity index is 1.11. The van der Waals surface area contributed by atoms with Gasteiger partial charge < -0.3 is 15.2 Å². The first-order chi connectivity index (χ1) is 16.2. The summed E-state index contributed by atoms with van der Waals surface area (Å²) in [7, 11) is 0. The van der Waals surface area contributed by atoms with Crippen molar-refractivity contribution in [2.75, 3.05) is 18.4 Å². The van der Waals surface area contributed by atoms with E-state index >= 15 is 0 Å². The Bertz CT molecular complexity index is 1170. The van der Waals surface area contributed by atoms with Crippen LogP contribution in [0.1, 0.15) is 28.9 Å². The number of piperidine rings is 1. The molecule has 4 aromatic rings. The molecule has 1 aliphatic heterocycles. The van der Waals surface area contributed by atoms with Crippen molar-refractivity contribution in [3.63, 3.8) is 0 Å². The SMILES string of the molecule is O=C(NC1CCN(Cc2ccccc2)CC1)c1csc(Nc2ccc(-n3ccnc3)cc2)n1. The first-order valence-electron chi connectivity index (χ1n) is 11.1. The van der Waals surface area contributed by atoms with Crippen LogP contribution in [0.25, 0.3) is 5.69 Å². The van der Waals surface area contributed by atoms with Gasteiger partial charge in [-0.25, -0.2) is 9.97 Å². The molecular weight excluding hydrogens is 432 g/mol. The Hall–Kier alpha value is -3.49. The van der Waals surface area contributed by atoms with E-state index in [1.807, 2.05) is 46.5 Å². The molecule has 0 unspecified atom stereocenters. The number of aromatic nitrogens is 3. The smallest absolute Gasteiger partial charge is 0.271 e. The van der Waals surface area contributed by atoms with Crippen molar-refractivity contribution in [3.8, 4) is 5.69 Å². The molecule has 0 atom stereocenters. The van der Waals surface area contributed by atoms with E-state index in [4.69, 9.17) is 0 Å². The van der Waals surface area contributed by atoms with Crippen LogP contribution in [0.3, 0.4) is 0 Å². The number of likely N-dealkylation sites (tertiary alicyclic amines) is 1. The Morgan fingerprint density at radius 1 is 1.06 bits per heavy atom. The summed E-state index contributed by atoms with van der Waals surface area (Å²) in [4.78, 5) is 23.7. The van der Waals surface area contributed by atoms with Gasteiger partial charge in [-0.15, -0.1) is 11.3 Å². The van der Waals surface area contributed by atoms with Gasteiger partial charge in [-0.05, 0) is 42.7 Å². The summed E-state index contributed by atoms with van der Waals surface area (Å²) in [6, 6.07) is 18.7. The van der Waals surface area contributed by atoms with Crippen LogP contribution < -0.4 is 10.6 Å². The van der Waals surface area contributed by atoms with Crippen molar-refractivity contribution in [1.29, 1.82) is 0 Å². The molecule has 0 aliphatic carbocycles. The maximum Gasteiger partial charge on any atom is 0.271 e. The van der Waals surface area contributed by atoms with E-state index in [-0.39, 0.29) is 11.9 Å². The molecule has 1 aliphatic rings. The van der Waals surface area contributed by atoms with Crippen molar-refractivity contribution >= 4 is 28.1 Å². The van der Waals surface area contributed by atoms with E-state index in [1.165, 1.54) is 16.9 Å². The largest absolute Gasteiger partial charge is 0.348 e. The highest BCUT2D eigenvalue weighted by atomic mass is 32.1. The second-order valence-corrected chi connectivity index (χ2v) is 9.05. The van der Waals surface area contributed by atoms with Crippen molar-refractivity contribution in [3.05, 3.63) is 90.0 Å². The Kier molecular flexibility index (Phi) is 6.46. The van der Waals surface area contributed by atoms with Crippen molar-refractivity contribution in [2.45, 2.75) is 25.4 Å². The van der Waals surface area contributed by atoms with Crippen LogP contribution in [0, 0.1) is 0 Å². The van der Waals surface area contributed by atoms with Crippen LogP contribution in [-0.4, -0.2) is 44.5 Å². The summed E-state index contributed by atoms with van der Waals surface area (Å²) in [6.07, 6.45) is 7.33. The molecule has 168 valence electrons. The van der Waals surface area contributed by atoms with Crippen molar-refractivity contribution < 1.29 is 4.79 Å². The third kappa shape index (κ3) is 5.47. The molecule has 0 radical (unpaired) electrons. The topological polar surface area (TPSA) is 75.1 Å². The monoisotopic (exact) mass is 458 g/mol. The van der Waals surface area contributed by atoms with Gasteiger partial charge in [0.15, 0.2) is 5.13 Å². The van der Waals surface area contributed by atoms with Crippen LogP contribution >= 0.6 is 11.3 Å². The molecule has 0 bridgehead atoms. The number of carbonyl (C=O) groups is 1. The minimum absolute atomic E-state index is 0.101. The highest BCUT2D eigenvalue weighted by Gasteiger charge is 2.22. The third-order valence-corrected chi connectivity index (χ3v) is 6.59. The molecule has 0 spiro atoms. The molecular formula is C25H26N6OS. The van der Waals surface area contributed by atoms with Crippen LogP contribution in [0.2, 0.25) is 0 Å². The average molecular weight is 459 g/mol. The number of thiazole rings is 1. The highest BCUT2D eigenvalue weighted by molar-refractivity contribution is 7.14. The molecule has 33 heavy (non-hydrogen) atoms. The normalized spacial score (nSPS) is 14.8. The lowest BCUT2D eigenvalue weighted by Gasteiger charge is -2.32. The van der Waals surface area contributed by atoms with Crippen molar-refractivity contribution in [2.24, 2.45) is 0 Å². The van der Waals surface area contributed by atoms with Gasteiger partial charge in [-0.2, -0.15) is 0 Å². The third-order valence-electron chi connectivity index (χ3n) is 5.83. The van der Waals surface area contributed by atoms with Gasteiger partial charge in [0.05, 0.1) is 6.33 Å². The van der Waals surface area contributed by atoms with Gasteiger partial charge in [-0.1, -0.05) is 30.3 Å². The Labute approximate surface area is 197 Å². The standard InChI is InChI=1S/C25H26N6OS/c32-24(27-21-10-13-30(14-11-21)16-19-4-2-1-3-5-19)23-17-33-25(29-23)28-20-6-8-22(9-7-20)31-15-12-26-18-31/h1-9,12,15,17-18,21H,10-11,13-14,16H2,(H,27,32)(H,28,29).